The highest BCUT2D eigenvalue weighted by atomic mass is 16.7. The minimum absolute atomic E-state index is 0.0457. The van der Waals surface area contributed by atoms with Crippen molar-refractivity contribution in [2.75, 3.05) is 20.3 Å². The number of esters is 3. The Balaban J connectivity index is 1.48. The van der Waals surface area contributed by atoms with Crippen molar-refractivity contribution in [3.63, 3.8) is 0 Å². The lowest BCUT2D eigenvalue weighted by molar-refractivity contribution is -0.296. The maximum absolute atomic E-state index is 13.8. The molecule has 3 saturated heterocycles. The summed E-state index contributed by atoms with van der Waals surface area (Å²) < 4.78 is 34.1. The maximum atomic E-state index is 13.8. The maximum Gasteiger partial charge on any atom is 0.348 e. The van der Waals surface area contributed by atoms with E-state index < -0.39 is 126 Å². The average Bonchev–Trinajstić information content (AvgIpc) is 3.34. The minimum atomic E-state index is -2.34. The van der Waals surface area contributed by atoms with Gasteiger partial charge in [-0.1, -0.05) is 19.4 Å². The zero-order valence-corrected chi connectivity index (χ0v) is 27.0. The number of fused-ring (bicyclic) bond motifs is 2. The summed E-state index contributed by atoms with van der Waals surface area (Å²) in [5.41, 5.74) is -4.52. The number of aliphatic hydroxyl groups is 6. The first-order valence-electron chi connectivity index (χ1n) is 15.9. The monoisotopic (exact) mass is 682 g/mol. The number of Topliss-reactive ketones (excluding diaryl/α,β-unsaturated/α-hetero) is 1. The molecule has 0 radical (unpaired) electrons. The zero-order chi connectivity index (χ0) is 35.2. The van der Waals surface area contributed by atoms with Crippen LogP contribution in [0.15, 0.2) is 23.5 Å². The van der Waals surface area contributed by atoms with E-state index in [0.717, 1.165) is 13.2 Å². The zero-order valence-electron chi connectivity index (χ0n) is 27.0. The van der Waals surface area contributed by atoms with Gasteiger partial charge in [0.05, 0.1) is 32.3 Å². The third-order valence-electron chi connectivity index (χ3n) is 11.6. The molecular formula is C32H42O16. The number of rotatable bonds is 6. The topological polar surface area (TPSA) is 245 Å². The highest BCUT2D eigenvalue weighted by Gasteiger charge is 2.85. The molecule has 48 heavy (non-hydrogen) atoms. The third-order valence-corrected chi connectivity index (χ3v) is 11.6. The van der Waals surface area contributed by atoms with Crippen LogP contribution in [0.1, 0.15) is 34.1 Å². The molecule has 5 fully saturated rings. The van der Waals surface area contributed by atoms with Gasteiger partial charge in [-0.15, -0.1) is 0 Å². The molecule has 0 unspecified atom stereocenters. The van der Waals surface area contributed by atoms with Crippen LogP contribution in [0, 0.1) is 34.5 Å². The lowest BCUT2D eigenvalue weighted by Crippen LogP contribution is -2.79. The number of methoxy groups -OCH3 is 1. The van der Waals surface area contributed by atoms with Crippen molar-refractivity contribution >= 4 is 23.7 Å². The number of hydrogen-bond acceptors (Lipinski definition) is 16. The summed E-state index contributed by atoms with van der Waals surface area (Å²) in [4.78, 5) is 53.9. The van der Waals surface area contributed by atoms with Gasteiger partial charge >= 0.3 is 17.9 Å². The molecule has 0 aromatic heterocycles. The van der Waals surface area contributed by atoms with Crippen LogP contribution in [0.2, 0.25) is 0 Å². The quantitative estimate of drug-likeness (QED) is 0.0974. The predicted molar refractivity (Wildman–Crippen MR) is 155 cm³/mol. The Bertz CT molecular complexity index is 1440. The van der Waals surface area contributed by atoms with E-state index in [4.69, 9.17) is 28.4 Å². The van der Waals surface area contributed by atoms with Crippen LogP contribution in [0.25, 0.3) is 0 Å². The summed E-state index contributed by atoms with van der Waals surface area (Å²) in [6, 6.07) is 0. The number of hydrogen-bond donors (Lipinski definition) is 6. The second-order valence-electron chi connectivity index (χ2n) is 14.3. The van der Waals surface area contributed by atoms with Crippen molar-refractivity contribution in [3.05, 3.63) is 23.5 Å². The van der Waals surface area contributed by atoms with Gasteiger partial charge in [-0.25, -0.2) is 14.4 Å². The summed E-state index contributed by atoms with van der Waals surface area (Å²) in [7, 11) is 1.05. The fourth-order valence-electron chi connectivity index (χ4n) is 9.57. The molecule has 6 N–H and O–H groups in total. The third kappa shape index (κ3) is 4.57. The Labute approximate surface area is 275 Å². The van der Waals surface area contributed by atoms with Crippen molar-refractivity contribution in [1.29, 1.82) is 0 Å². The molecule has 6 rings (SSSR count). The Kier molecular flexibility index (Phi) is 8.60. The van der Waals surface area contributed by atoms with Gasteiger partial charge < -0.3 is 59.1 Å². The molecular weight excluding hydrogens is 640 g/mol. The van der Waals surface area contributed by atoms with Crippen molar-refractivity contribution in [2.24, 2.45) is 34.5 Å². The van der Waals surface area contributed by atoms with Gasteiger partial charge in [-0.2, -0.15) is 0 Å². The molecule has 6 aliphatic rings. The molecule has 266 valence electrons. The largest absolute Gasteiger partial charge is 0.467 e. The first-order valence-corrected chi connectivity index (χ1v) is 15.9. The van der Waals surface area contributed by atoms with Gasteiger partial charge in [-0.05, 0) is 37.7 Å². The molecule has 3 aliphatic heterocycles. The molecule has 16 heteroatoms. The van der Waals surface area contributed by atoms with Crippen LogP contribution in [0.3, 0.4) is 0 Å². The number of aliphatic hydroxyl groups excluding tert-OH is 6. The number of ketones is 1. The van der Waals surface area contributed by atoms with Gasteiger partial charge in [-0.3, -0.25) is 4.79 Å². The summed E-state index contributed by atoms with van der Waals surface area (Å²) in [5.74, 6) is -7.86. The van der Waals surface area contributed by atoms with Gasteiger partial charge in [0, 0.05) is 23.3 Å². The van der Waals surface area contributed by atoms with E-state index in [2.05, 4.69) is 0 Å². The first-order chi connectivity index (χ1) is 22.5. The van der Waals surface area contributed by atoms with E-state index in [1.54, 1.807) is 27.7 Å². The van der Waals surface area contributed by atoms with E-state index in [1.165, 1.54) is 6.08 Å². The first kappa shape index (κ1) is 34.9. The second kappa shape index (κ2) is 11.8. The van der Waals surface area contributed by atoms with Crippen LogP contribution in [-0.2, 0) is 47.6 Å². The normalized spacial score (nSPS) is 49.1. The van der Waals surface area contributed by atoms with Gasteiger partial charge in [0.25, 0.3) is 0 Å². The number of carbonyl (C=O) groups excluding carboxylic acids is 4. The Morgan fingerprint density at radius 1 is 1.04 bits per heavy atom. The standard InChI is InChI=1S/C32H42O16/c1-11(2)6-17(34)48-23-25-31-10-44-32(25,29(42)43-5)26(40)22(39)24(31)30(4)8-14(18(35)12(3)13(30)7-16(31)47-27(23)41)45-28-21(38)20(37)19(36)15(9-33)46-28/h6,8,12-13,15-16,19-26,28,33,36-40H,7,9-10H2,1-5H3/t12-,13-,15+,16+,19+,20-,21+,22+,23+,24+,25+,26-,28+,30-,31+,32-/m1/s1. The summed E-state index contributed by atoms with van der Waals surface area (Å²) in [5, 5.41) is 64.6. The number of ether oxygens (including phenoxy) is 6. The molecule has 3 heterocycles. The van der Waals surface area contributed by atoms with E-state index >= 15 is 0 Å². The Morgan fingerprint density at radius 3 is 2.35 bits per heavy atom. The van der Waals surface area contributed by atoms with E-state index in [0.29, 0.717) is 5.57 Å². The van der Waals surface area contributed by atoms with Crippen LogP contribution in [-0.4, -0.2) is 135 Å². The van der Waals surface area contributed by atoms with Gasteiger partial charge in [0.2, 0.25) is 18.0 Å². The fourth-order valence-corrected chi connectivity index (χ4v) is 9.57. The SMILES string of the molecule is COC(=O)[C@]12OC[C@]34[C@H](C[C@@H]5[C@@H](C)C(=O)C(O[C@H]6O[C@@H](CO)[C@H](O)[C@@H](O)[C@@H]6O)=C[C@@]5(C)[C@@H]3[C@H](O)[C@H]1O)OC(=O)[C@@H](OC(=O)C=C(C)C)[C@H]24. The summed E-state index contributed by atoms with van der Waals surface area (Å²) >= 11 is 0. The average molecular weight is 683 g/mol. The number of carbonyl (C=O) groups is 4. The van der Waals surface area contributed by atoms with Gasteiger partial charge in [0.15, 0.2) is 11.5 Å². The highest BCUT2D eigenvalue weighted by Crippen LogP contribution is 2.72. The Morgan fingerprint density at radius 2 is 1.73 bits per heavy atom. The molecule has 1 spiro atoms. The van der Waals surface area contributed by atoms with Crippen molar-refractivity contribution < 1.29 is 78.2 Å². The van der Waals surface area contributed by atoms with E-state index in [-0.39, 0.29) is 18.8 Å². The molecule has 2 bridgehead atoms. The van der Waals surface area contributed by atoms with Crippen LogP contribution in [0.4, 0.5) is 0 Å². The van der Waals surface area contributed by atoms with E-state index in [9.17, 15) is 49.8 Å². The van der Waals surface area contributed by atoms with Crippen LogP contribution >= 0.6 is 0 Å². The van der Waals surface area contributed by atoms with Gasteiger partial charge in [0.1, 0.15) is 36.6 Å². The van der Waals surface area contributed by atoms with E-state index in [1.807, 2.05) is 0 Å². The lowest BCUT2D eigenvalue weighted by Gasteiger charge is -2.67. The van der Waals surface area contributed by atoms with Crippen molar-refractivity contribution in [2.45, 2.75) is 94.8 Å². The number of allylic oxidation sites excluding steroid dienone is 3. The van der Waals surface area contributed by atoms with Crippen LogP contribution in [0.5, 0.6) is 0 Å². The molecule has 16 nitrogen and oxygen atoms in total. The minimum Gasteiger partial charge on any atom is -0.467 e. The molecule has 0 aromatic carbocycles. The summed E-state index contributed by atoms with van der Waals surface area (Å²) in [6.07, 6.45) is -12.2. The highest BCUT2D eigenvalue weighted by molar-refractivity contribution is 5.97. The lowest BCUT2D eigenvalue weighted by atomic mass is 9.38. The van der Waals surface area contributed by atoms with Crippen molar-refractivity contribution in [1.82, 2.24) is 0 Å². The molecule has 2 saturated carbocycles. The summed E-state index contributed by atoms with van der Waals surface area (Å²) in [6.45, 7) is 5.53. The fraction of sp³-hybridized carbons (Fsp3) is 0.750. The molecule has 0 aromatic rings. The second-order valence-corrected chi connectivity index (χ2v) is 14.3. The van der Waals surface area contributed by atoms with Crippen molar-refractivity contribution in [3.8, 4) is 0 Å². The van der Waals surface area contributed by atoms with Crippen LogP contribution < -0.4 is 0 Å². The molecule has 0 amide bonds. The Hall–Kier alpha value is -2.96. The smallest absolute Gasteiger partial charge is 0.348 e. The predicted octanol–water partition coefficient (Wildman–Crippen LogP) is -2.37. The molecule has 3 aliphatic carbocycles. The molecule has 16 atom stereocenters.